The molecule has 24 nitrogen and oxygen atoms in total. The van der Waals surface area contributed by atoms with E-state index in [1.165, 1.54) is 39.0 Å². The summed E-state index contributed by atoms with van der Waals surface area (Å²) in [6, 6.07) is -1.06. The summed E-state index contributed by atoms with van der Waals surface area (Å²) in [6.07, 6.45) is -1.03. The lowest BCUT2D eigenvalue weighted by Crippen LogP contribution is -2.67. The Morgan fingerprint density at radius 3 is 2.11 bits per heavy atom. The van der Waals surface area contributed by atoms with Crippen LogP contribution >= 0.6 is 0 Å². The van der Waals surface area contributed by atoms with E-state index in [-0.39, 0.29) is 54.9 Å². The Bertz CT molecular complexity index is 2800. The molecular weight excluding hydrogens is 1150 g/mol. The first-order valence-electron chi connectivity index (χ1n) is 31.0. The van der Waals surface area contributed by atoms with Crippen molar-refractivity contribution < 1.29 is 102 Å². The van der Waals surface area contributed by atoms with Crippen LogP contribution in [0.25, 0.3) is 0 Å². The number of hydrogen-bond acceptors (Lipinski definition) is 23. The van der Waals surface area contributed by atoms with E-state index in [9.17, 15) is 50.0 Å². The largest absolute Gasteiger partial charge is 0.762 e. The van der Waals surface area contributed by atoms with E-state index in [4.69, 9.17) is 52.1 Å². The van der Waals surface area contributed by atoms with Crippen molar-refractivity contribution in [2.24, 2.45) is 40.9 Å². The first-order valence-corrected chi connectivity index (χ1v) is 31.0. The molecule has 9 aliphatic rings. The van der Waals surface area contributed by atoms with Gasteiger partial charge in [0.25, 0.3) is 0 Å². The second-order valence-electron chi connectivity index (χ2n) is 26.5. The molecule has 6 fully saturated rings. The molecule has 490 valence electrons. The molecule has 26 atom stereocenters. The topological polar surface area (TPSA) is 326 Å². The number of nitrogens with zero attached hydrogens (tertiary/aromatic N) is 1. The molecule has 0 aromatic carbocycles. The van der Waals surface area contributed by atoms with Gasteiger partial charge in [-0.05, 0) is 110 Å². The zero-order valence-electron chi connectivity index (χ0n) is 52.6. The lowest BCUT2D eigenvalue weighted by Gasteiger charge is -2.56. The smallest absolute Gasteiger partial charge is 0.407 e. The van der Waals surface area contributed by atoms with E-state index < -0.39 is 180 Å². The Hall–Kier alpha value is -4.77. The predicted octanol–water partition coefficient (Wildman–Crippen LogP) is 6.31. The summed E-state index contributed by atoms with van der Waals surface area (Å²) >= 11 is 0. The van der Waals surface area contributed by atoms with Crippen molar-refractivity contribution in [2.45, 2.75) is 250 Å². The minimum atomic E-state index is -2.13. The van der Waals surface area contributed by atoms with Crippen molar-refractivity contribution in [1.29, 1.82) is 0 Å². The summed E-state index contributed by atoms with van der Waals surface area (Å²) in [6.45, 7) is 20.7. The van der Waals surface area contributed by atoms with Gasteiger partial charge in [-0.2, -0.15) is 0 Å². The number of Topliss-reactive ketones (excluding diaryl/α,β-unsaturated/α-hetero) is 1. The number of ketones is 2. The number of fused-ring (bicyclic) bond motifs is 4. The van der Waals surface area contributed by atoms with Gasteiger partial charge >= 0.3 is 18.0 Å². The molecule has 9 rings (SSSR count). The minimum Gasteiger partial charge on any atom is -0.762 e. The van der Waals surface area contributed by atoms with E-state index in [1.807, 2.05) is 32.9 Å². The highest BCUT2D eigenvalue weighted by molar-refractivity contribution is 6.26. The SMILES string of the molecule is COC(=O)NC1C(C)OC(OC2CC=C(C)C3C=CC4C(OC5CC(OC6CCC(OC7CC(O)C(O)C(C)O7)C(C)O6)C(OC(C)=O)C(C)O5)C(C)CC(C)C4C3(C)C(O)=C3C(=O)OC4(CC(C=CC(C)=O)=CC(O)C4C=C2C)C3=O)CC1(C)N([O-])O. The number of aliphatic hydroxyl groups is 4. The quantitative estimate of drug-likeness (QED) is 0.0294. The molecule has 0 radical (unpaired) electrons. The summed E-state index contributed by atoms with van der Waals surface area (Å²) in [7, 11) is 1.16. The molecule has 5 heterocycles. The molecule has 0 aromatic rings. The van der Waals surface area contributed by atoms with Crippen LogP contribution in [-0.2, 0) is 71.3 Å². The summed E-state index contributed by atoms with van der Waals surface area (Å²) in [5.74, 6) is -6.51. The molecule has 4 aliphatic carbocycles. The van der Waals surface area contributed by atoms with Crippen LogP contribution in [0.4, 0.5) is 4.79 Å². The van der Waals surface area contributed by atoms with Crippen molar-refractivity contribution in [1.82, 2.24) is 10.5 Å². The molecule has 1 amide bonds. The molecule has 1 saturated carbocycles. The normalized spacial score (nSPS) is 44.9. The average Bonchev–Trinajstić information content (AvgIpc) is 1.35. The first kappa shape index (κ1) is 67.6. The fourth-order valence-corrected chi connectivity index (χ4v) is 15.8. The Morgan fingerprint density at radius 2 is 1.45 bits per heavy atom. The van der Waals surface area contributed by atoms with Crippen molar-refractivity contribution in [3.8, 4) is 0 Å². The first-order chi connectivity index (χ1) is 41.4. The van der Waals surface area contributed by atoms with Crippen LogP contribution < -0.4 is 5.32 Å². The highest BCUT2D eigenvalue weighted by atomic mass is 16.8. The Labute approximate surface area is 514 Å². The maximum atomic E-state index is 15.8. The molecule has 24 heteroatoms. The van der Waals surface area contributed by atoms with Crippen molar-refractivity contribution in [2.75, 3.05) is 7.11 Å². The number of ether oxygens (including phenoxy) is 11. The van der Waals surface area contributed by atoms with E-state index in [0.717, 1.165) is 12.7 Å². The molecule has 6 N–H and O–H groups in total. The van der Waals surface area contributed by atoms with Crippen LogP contribution in [0.1, 0.15) is 134 Å². The summed E-state index contributed by atoms with van der Waals surface area (Å²) in [4.78, 5) is 68.0. The highest BCUT2D eigenvalue weighted by Gasteiger charge is 2.65. The molecule has 0 aromatic heterocycles. The predicted molar refractivity (Wildman–Crippen MR) is 311 cm³/mol. The molecule has 5 aliphatic heterocycles. The number of alkyl carbamates (subject to hydrolysis) is 1. The van der Waals surface area contributed by atoms with Gasteiger partial charge in [-0.3, -0.25) is 19.6 Å². The second kappa shape index (κ2) is 26.8. The Balaban J connectivity index is 1.05. The summed E-state index contributed by atoms with van der Waals surface area (Å²) < 4.78 is 69.0. The van der Waals surface area contributed by atoms with Gasteiger partial charge in [0.2, 0.25) is 5.78 Å². The fourth-order valence-electron chi connectivity index (χ4n) is 15.8. The number of amides is 1. The van der Waals surface area contributed by atoms with Crippen LogP contribution in [0, 0.1) is 46.1 Å². The molecule has 88 heavy (non-hydrogen) atoms. The minimum absolute atomic E-state index is 0.0978. The molecular formula is C64H91N2O22-. The summed E-state index contributed by atoms with van der Waals surface area (Å²) in [5, 5.41) is 72.1. The number of nitrogens with one attached hydrogen (secondary N) is 1. The lowest BCUT2D eigenvalue weighted by molar-refractivity contribution is -0.323. The Kier molecular flexibility index (Phi) is 20.6. The average molecular weight is 1240 g/mol. The van der Waals surface area contributed by atoms with Crippen molar-refractivity contribution in [3.63, 3.8) is 0 Å². The van der Waals surface area contributed by atoms with Gasteiger partial charge in [0.15, 0.2) is 42.6 Å². The number of hydrogen-bond donors (Lipinski definition) is 6. The standard InChI is InChI=1S/C64H91N2O22/c1-29-14-19-45(84-51-28-62(11,66(76)77)57(37(9)82-51)65-61(75)78-13)30(2)23-42-43(69)24-39(16-15-33(5)67)27-64(42)59(73)52(60(74)88-64)58(72)63(12)41(29)18-17-40-53(63)31(3)22-32(4)55(40)87-50-26-47(56(36(8)81-50)83-38(10)68)86-48-21-20-46(34(6)79-48)85-49-25-44(70)54(71)35(7)80-49/h14-18,23-24,31-32,34-37,40-51,53-57,69-72,76H,19-22,25-28H2,1-13H3,(H,65,75)/q-1. The molecule has 2 bridgehead atoms. The van der Waals surface area contributed by atoms with Crippen LogP contribution in [0.15, 0.2) is 70.6 Å². The third-order valence-electron chi connectivity index (χ3n) is 20.2. The van der Waals surface area contributed by atoms with Gasteiger partial charge in [0.05, 0.1) is 79.5 Å². The number of carbonyl (C=O) groups is 5. The Morgan fingerprint density at radius 1 is 0.784 bits per heavy atom. The second-order valence-corrected chi connectivity index (χ2v) is 26.5. The zero-order chi connectivity index (χ0) is 64.2. The van der Waals surface area contributed by atoms with E-state index >= 15 is 4.79 Å². The van der Waals surface area contributed by atoms with Crippen molar-refractivity contribution in [3.05, 3.63) is 75.8 Å². The number of hydroxylamine groups is 2. The monoisotopic (exact) mass is 1240 g/mol. The molecule has 5 saturated heterocycles. The third kappa shape index (κ3) is 13.3. The van der Waals surface area contributed by atoms with E-state index in [2.05, 4.69) is 25.2 Å². The number of aliphatic hydroxyl groups excluding tert-OH is 4. The van der Waals surface area contributed by atoms with Crippen LogP contribution in [-0.4, -0.2) is 183 Å². The van der Waals surface area contributed by atoms with Gasteiger partial charge in [-0.15, -0.1) is 0 Å². The number of carbonyl (C=O) groups excluding carboxylic acids is 5. The van der Waals surface area contributed by atoms with Crippen LogP contribution in [0.2, 0.25) is 0 Å². The van der Waals surface area contributed by atoms with Gasteiger partial charge in [-0.1, -0.05) is 62.8 Å². The maximum Gasteiger partial charge on any atom is 0.407 e. The van der Waals surface area contributed by atoms with Crippen molar-refractivity contribution >= 4 is 29.6 Å². The van der Waals surface area contributed by atoms with Gasteiger partial charge in [-0.25, -0.2) is 9.59 Å². The molecule has 26 unspecified atom stereocenters. The summed E-state index contributed by atoms with van der Waals surface area (Å²) in [5.41, 5.74) is -4.27. The van der Waals surface area contributed by atoms with Crippen LogP contribution in [0.5, 0.6) is 0 Å². The van der Waals surface area contributed by atoms with E-state index in [1.54, 1.807) is 33.8 Å². The fraction of sp³-hybridized carbons (Fsp3) is 0.734. The third-order valence-corrected chi connectivity index (χ3v) is 20.2. The van der Waals surface area contributed by atoms with Gasteiger partial charge < -0.3 is 88.3 Å². The number of rotatable bonds is 13. The zero-order valence-corrected chi connectivity index (χ0v) is 52.6. The van der Waals surface area contributed by atoms with E-state index in [0.29, 0.717) is 30.4 Å². The number of methoxy groups -OCH3 is 1. The maximum absolute atomic E-state index is 15.8. The molecule has 1 spiro atoms. The van der Waals surface area contributed by atoms with Gasteiger partial charge in [0.1, 0.15) is 23.5 Å². The number of esters is 2. The number of allylic oxidation sites excluding steroid dienone is 5. The van der Waals surface area contributed by atoms with Gasteiger partial charge in [0, 0.05) is 56.3 Å². The highest BCUT2D eigenvalue weighted by Crippen LogP contribution is 2.61. The lowest BCUT2D eigenvalue weighted by atomic mass is 9.49. The van der Waals surface area contributed by atoms with Crippen LogP contribution in [0.3, 0.4) is 0 Å².